The number of nitrogens with two attached hydrogens (primary N) is 1. The average Bonchev–Trinajstić information content (AvgIpc) is 2.97. The van der Waals surface area contributed by atoms with Gasteiger partial charge in [-0.1, -0.05) is 6.07 Å². The van der Waals surface area contributed by atoms with Crippen LogP contribution in [0, 0.1) is 5.82 Å². The Hall–Kier alpha value is -1.10. The topological polar surface area (TPSA) is 26.0 Å². The summed E-state index contributed by atoms with van der Waals surface area (Å²) in [5.41, 5.74) is 4.70. The van der Waals surface area contributed by atoms with E-state index < -0.39 is 17.6 Å². The maximum absolute atomic E-state index is 13.4. The molecule has 1 aliphatic rings. The molecule has 94 valence electrons. The van der Waals surface area contributed by atoms with E-state index in [0.717, 1.165) is 25.0 Å². The van der Waals surface area contributed by atoms with Gasteiger partial charge in [0.2, 0.25) is 0 Å². The van der Waals surface area contributed by atoms with E-state index in [1.165, 1.54) is 6.07 Å². The van der Waals surface area contributed by atoms with Crippen molar-refractivity contribution in [3.63, 3.8) is 0 Å². The van der Waals surface area contributed by atoms with E-state index in [1.807, 2.05) is 0 Å². The zero-order chi connectivity index (χ0) is 12.7. The van der Waals surface area contributed by atoms with Gasteiger partial charge in [-0.05, 0) is 48.9 Å². The Bertz CT molecular complexity index is 421. The summed E-state index contributed by atoms with van der Waals surface area (Å²) in [4.78, 5) is 0. The number of benzene rings is 1. The molecule has 1 saturated carbocycles. The quantitative estimate of drug-likeness (QED) is 0.815. The molecular formula is C12H13F4N. The number of hydrogen-bond acceptors (Lipinski definition) is 1. The maximum Gasteiger partial charge on any atom is 0.419 e. The van der Waals surface area contributed by atoms with Gasteiger partial charge in [0.05, 0.1) is 5.56 Å². The predicted octanol–water partition coefficient (Wildman–Crippen LogP) is 3.22. The van der Waals surface area contributed by atoms with Crippen LogP contribution in [-0.2, 0) is 11.6 Å². The minimum atomic E-state index is -4.63. The monoisotopic (exact) mass is 247 g/mol. The lowest BCUT2D eigenvalue weighted by molar-refractivity contribution is -0.140. The molecule has 1 nitrogen and oxygen atoms in total. The molecule has 0 aromatic heterocycles. The smallest absolute Gasteiger partial charge is 0.330 e. The van der Waals surface area contributed by atoms with Crippen LogP contribution in [-0.4, -0.2) is 6.54 Å². The van der Waals surface area contributed by atoms with Gasteiger partial charge >= 0.3 is 6.18 Å². The molecule has 0 saturated heterocycles. The molecule has 2 N–H and O–H groups in total. The first-order valence-corrected chi connectivity index (χ1v) is 5.46. The van der Waals surface area contributed by atoms with Crippen LogP contribution in [0.15, 0.2) is 18.2 Å². The Morgan fingerprint density at radius 3 is 2.29 bits per heavy atom. The van der Waals surface area contributed by atoms with Crippen LogP contribution < -0.4 is 5.73 Å². The second kappa shape index (κ2) is 3.98. The Kier molecular flexibility index (Phi) is 2.89. The zero-order valence-electron chi connectivity index (χ0n) is 9.15. The van der Waals surface area contributed by atoms with Crippen molar-refractivity contribution in [2.45, 2.75) is 30.9 Å². The second-order valence-corrected chi connectivity index (χ2v) is 4.51. The van der Waals surface area contributed by atoms with Crippen molar-refractivity contribution in [1.29, 1.82) is 0 Å². The van der Waals surface area contributed by atoms with E-state index >= 15 is 0 Å². The van der Waals surface area contributed by atoms with E-state index in [2.05, 4.69) is 0 Å². The summed E-state index contributed by atoms with van der Waals surface area (Å²) in [6.07, 6.45) is -2.20. The Morgan fingerprint density at radius 1 is 1.24 bits per heavy atom. The fraction of sp³-hybridized carbons (Fsp3) is 0.500. The maximum atomic E-state index is 13.4. The van der Waals surface area contributed by atoms with Gasteiger partial charge in [-0.15, -0.1) is 0 Å². The molecule has 5 heteroatoms. The first-order valence-electron chi connectivity index (χ1n) is 5.46. The van der Waals surface area contributed by atoms with Crippen molar-refractivity contribution in [2.24, 2.45) is 5.73 Å². The SMILES string of the molecule is NCCC1(c2ccc(C(F)(F)F)c(F)c2)CC1. The van der Waals surface area contributed by atoms with Crippen LogP contribution in [0.25, 0.3) is 0 Å². The van der Waals surface area contributed by atoms with Crippen LogP contribution in [0.5, 0.6) is 0 Å². The van der Waals surface area contributed by atoms with E-state index in [1.54, 1.807) is 0 Å². The molecule has 0 amide bonds. The molecule has 1 aromatic rings. The van der Waals surface area contributed by atoms with Crippen molar-refractivity contribution < 1.29 is 17.6 Å². The highest BCUT2D eigenvalue weighted by molar-refractivity contribution is 5.35. The normalized spacial score (nSPS) is 18.2. The third-order valence-corrected chi connectivity index (χ3v) is 3.36. The summed E-state index contributed by atoms with van der Waals surface area (Å²) in [6.45, 7) is 0.461. The second-order valence-electron chi connectivity index (χ2n) is 4.51. The lowest BCUT2D eigenvalue weighted by atomic mass is 9.91. The Morgan fingerprint density at radius 2 is 1.88 bits per heavy atom. The van der Waals surface area contributed by atoms with Crippen molar-refractivity contribution in [2.75, 3.05) is 6.54 Å². The minimum Gasteiger partial charge on any atom is -0.330 e. The minimum absolute atomic E-state index is 0.181. The molecular weight excluding hydrogens is 234 g/mol. The third-order valence-electron chi connectivity index (χ3n) is 3.36. The van der Waals surface area contributed by atoms with Gasteiger partial charge in [0.15, 0.2) is 0 Å². The molecule has 0 bridgehead atoms. The van der Waals surface area contributed by atoms with Crippen molar-refractivity contribution in [3.05, 3.63) is 35.1 Å². The van der Waals surface area contributed by atoms with Crippen LogP contribution in [0.2, 0.25) is 0 Å². The molecule has 0 aliphatic heterocycles. The lowest BCUT2D eigenvalue weighted by Crippen LogP contribution is -2.15. The summed E-state index contributed by atoms with van der Waals surface area (Å²) in [5.74, 6) is -1.20. The van der Waals surface area contributed by atoms with E-state index in [9.17, 15) is 17.6 Å². The summed E-state index contributed by atoms with van der Waals surface area (Å²) >= 11 is 0. The van der Waals surface area contributed by atoms with Gasteiger partial charge in [-0.3, -0.25) is 0 Å². The van der Waals surface area contributed by atoms with Gasteiger partial charge in [0.25, 0.3) is 0 Å². The molecule has 17 heavy (non-hydrogen) atoms. The number of alkyl halides is 3. The molecule has 1 fully saturated rings. The third kappa shape index (κ3) is 2.29. The zero-order valence-corrected chi connectivity index (χ0v) is 9.15. The van der Waals surface area contributed by atoms with Gasteiger partial charge in [0.1, 0.15) is 5.82 Å². The van der Waals surface area contributed by atoms with Gasteiger partial charge in [-0.25, -0.2) is 4.39 Å². The van der Waals surface area contributed by atoms with Crippen LogP contribution in [0.1, 0.15) is 30.4 Å². The molecule has 2 rings (SSSR count). The van der Waals surface area contributed by atoms with E-state index in [-0.39, 0.29) is 5.41 Å². The summed E-state index contributed by atoms with van der Waals surface area (Å²) < 4.78 is 50.5. The lowest BCUT2D eigenvalue weighted by Gasteiger charge is -2.16. The largest absolute Gasteiger partial charge is 0.419 e. The van der Waals surface area contributed by atoms with Crippen LogP contribution in [0.3, 0.4) is 0 Å². The molecule has 1 aromatic carbocycles. The Labute approximate surface area is 96.6 Å². The molecule has 0 heterocycles. The molecule has 1 aliphatic carbocycles. The van der Waals surface area contributed by atoms with Crippen LogP contribution >= 0.6 is 0 Å². The standard InChI is InChI=1S/C12H13F4N/c13-10-7-8(11(3-4-11)5-6-17)1-2-9(10)12(14,15)16/h1-2,7H,3-6,17H2. The van der Waals surface area contributed by atoms with Crippen LogP contribution in [0.4, 0.5) is 17.6 Å². The van der Waals surface area contributed by atoms with Crippen molar-refractivity contribution >= 4 is 0 Å². The molecule has 0 unspecified atom stereocenters. The Balaban J connectivity index is 2.32. The van der Waals surface area contributed by atoms with Gasteiger partial charge < -0.3 is 5.73 Å². The highest BCUT2D eigenvalue weighted by atomic mass is 19.4. The highest BCUT2D eigenvalue weighted by Crippen LogP contribution is 2.51. The van der Waals surface area contributed by atoms with Gasteiger partial charge in [-0.2, -0.15) is 13.2 Å². The number of rotatable bonds is 3. The molecule has 0 spiro atoms. The summed E-state index contributed by atoms with van der Waals surface area (Å²) in [7, 11) is 0. The predicted molar refractivity (Wildman–Crippen MR) is 56.0 cm³/mol. The number of halogens is 4. The van der Waals surface area contributed by atoms with E-state index in [4.69, 9.17) is 5.73 Å². The average molecular weight is 247 g/mol. The first kappa shape index (κ1) is 12.4. The summed E-state index contributed by atoms with van der Waals surface area (Å²) in [6, 6.07) is 3.20. The van der Waals surface area contributed by atoms with Crippen molar-refractivity contribution in [3.8, 4) is 0 Å². The molecule has 0 atom stereocenters. The van der Waals surface area contributed by atoms with Crippen molar-refractivity contribution in [1.82, 2.24) is 0 Å². The van der Waals surface area contributed by atoms with E-state index in [0.29, 0.717) is 18.5 Å². The fourth-order valence-electron chi connectivity index (χ4n) is 2.19. The molecule has 0 radical (unpaired) electrons. The number of hydrogen-bond donors (Lipinski definition) is 1. The first-order chi connectivity index (χ1) is 7.89. The van der Waals surface area contributed by atoms with Gasteiger partial charge in [0, 0.05) is 0 Å². The fourth-order valence-corrected chi connectivity index (χ4v) is 2.19. The summed E-state index contributed by atoms with van der Waals surface area (Å²) in [5, 5.41) is 0. The highest BCUT2D eigenvalue weighted by Gasteiger charge is 2.44.